The summed E-state index contributed by atoms with van der Waals surface area (Å²) in [5.41, 5.74) is 16.8. The molecule has 244 valence electrons. The summed E-state index contributed by atoms with van der Waals surface area (Å²) in [5.74, 6) is 0. The van der Waals surface area contributed by atoms with Crippen LogP contribution in [-0.2, 0) is 0 Å². The molecule has 52 heavy (non-hydrogen) atoms. The second kappa shape index (κ2) is 12.8. The number of nitrogens with zero attached hydrogens (tertiary/aromatic N) is 4. The van der Waals surface area contributed by atoms with Gasteiger partial charge in [-0.3, -0.25) is 9.97 Å². The van der Waals surface area contributed by atoms with Gasteiger partial charge in [0.2, 0.25) is 0 Å². The Kier molecular flexibility index (Phi) is 7.48. The number of thiazole rings is 2. The predicted molar refractivity (Wildman–Crippen MR) is 219 cm³/mol. The molecule has 4 nitrogen and oxygen atoms in total. The fourth-order valence-electron chi connectivity index (χ4n) is 7.44. The molecule has 6 heteroatoms. The van der Waals surface area contributed by atoms with Gasteiger partial charge in [0.05, 0.1) is 22.4 Å². The quantitative estimate of drug-likeness (QED) is 0.162. The highest BCUT2D eigenvalue weighted by Gasteiger charge is 2.19. The maximum Gasteiger partial charge on any atom is 0.0826 e. The molecule has 0 aliphatic rings. The Labute approximate surface area is 308 Å². The molecule has 10 aromatic rings. The third-order valence-electron chi connectivity index (χ3n) is 9.85. The molecule has 4 heterocycles. The van der Waals surface area contributed by atoms with Crippen LogP contribution in [0.25, 0.3) is 99.3 Å². The zero-order chi connectivity index (χ0) is 34.4. The van der Waals surface area contributed by atoms with Crippen LogP contribution in [0.2, 0.25) is 0 Å². The van der Waals surface area contributed by atoms with Gasteiger partial charge in [-0.2, -0.15) is 0 Å². The van der Waals surface area contributed by atoms with Gasteiger partial charge in [-0.15, -0.1) is 22.7 Å². The average Bonchev–Trinajstić information content (AvgIpc) is 3.96. The summed E-state index contributed by atoms with van der Waals surface area (Å²) in [6.07, 6.45) is 7.75. The van der Waals surface area contributed by atoms with Gasteiger partial charge in [0.25, 0.3) is 0 Å². The second-order valence-corrected chi connectivity index (χ2v) is 14.3. The van der Waals surface area contributed by atoms with Crippen LogP contribution in [0, 0.1) is 0 Å². The number of fused-ring (bicyclic) bond motifs is 3. The number of aromatic nitrogens is 4. The molecule has 0 saturated carbocycles. The van der Waals surface area contributed by atoms with Crippen molar-refractivity contribution >= 4 is 55.0 Å². The highest BCUT2D eigenvalue weighted by atomic mass is 32.1. The summed E-state index contributed by atoms with van der Waals surface area (Å²) in [6, 6.07) is 44.1. The number of benzene rings is 6. The van der Waals surface area contributed by atoms with Gasteiger partial charge in [0.15, 0.2) is 0 Å². The molecule has 0 spiro atoms. The Morgan fingerprint density at radius 2 is 0.885 bits per heavy atom. The molecule has 0 fully saturated rings. The lowest BCUT2D eigenvalue weighted by Gasteiger charge is -2.19. The number of hydrogen-bond acceptors (Lipinski definition) is 6. The standard InChI is InChI=1S/C46H28N4S2/c1-2-8-37-30(6-1)7-5-11-38(37)31-14-12-29(13-15-31)32-16-17-41-42(20-32)46(36-19-34(22-48-24-36)44-26-52-28-50-44)40-10-4-3-9-39(40)45(41)35-18-33(21-47-23-35)43-25-51-27-49-43/h1-28H. The van der Waals surface area contributed by atoms with Gasteiger partial charge in [0.1, 0.15) is 0 Å². The molecule has 0 aliphatic heterocycles. The molecule has 0 aliphatic carbocycles. The molecule has 0 N–H and O–H groups in total. The minimum absolute atomic E-state index is 0.932. The van der Waals surface area contributed by atoms with E-state index in [4.69, 9.17) is 9.97 Å². The smallest absolute Gasteiger partial charge is 0.0826 e. The Balaban J connectivity index is 1.20. The Hall–Kier alpha value is -6.34. The maximum atomic E-state index is 4.74. The lowest BCUT2D eigenvalue weighted by molar-refractivity contribution is 1.31. The van der Waals surface area contributed by atoms with Gasteiger partial charge < -0.3 is 0 Å². The fraction of sp³-hybridized carbons (Fsp3) is 0. The van der Waals surface area contributed by atoms with Gasteiger partial charge in [0, 0.05) is 57.8 Å². The molecule has 0 atom stereocenters. The fourth-order valence-corrected chi connectivity index (χ4v) is 8.57. The van der Waals surface area contributed by atoms with Gasteiger partial charge in [-0.25, -0.2) is 9.97 Å². The monoisotopic (exact) mass is 700 g/mol. The van der Waals surface area contributed by atoms with E-state index >= 15 is 0 Å². The summed E-state index contributed by atoms with van der Waals surface area (Å²) in [6.45, 7) is 0. The Morgan fingerprint density at radius 1 is 0.365 bits per heavy atom. The molecular weight excluding hydrogens is 673 g/mol. The molecule has 0 bridgehead atoms. The van der Waals surface area contributed by atoms with Gasteiger partial charge in [-0.05, 0) is 83.9 Å². The van der Waals surface area contributed by atoms with Crippen molar-refractivity contribution in [1.82, 2.24) is 19.9 Å². The predicted octanol–water partition coefficient (Wildman–Crippen LogP) is 12.9. The summed E-state index contributed by atoms with van der Waals surface area (Å²) in [7, 11) is 0. The molecule has 0 unspecified atom stereocenters. The van der Waals surface area contributed by atoms with Crippen LogP contribution in [0.1, 0.15) is 0 Å². The lowest BCUT2D eigenvalue weighted by Crippen LogP contribution is -1.93. The number of hydrogen-bond donors (Lipinski definition) is 0. The van der Waals surface area contributed by atoms with Crippen LogP contribution >= 0.6 is 22.7 Å². The summed E-state index contributed by atoms with van der Waals surface area (Å²) < 4.78 is 0. The first kappa shape index (κ1) is 30.5. The third kappa shape index (κ3) is 5.28. The minimum atomic E-state index is 0.932. The van der Waals surface area contributed by atoms with E-state index in [1.165, 1.54) is 21.9 Å². The van der Waals surface area contributed by atoms with Crippen molar-refractivity contribution in [3.05, 3.63) is 168 Å². The largest absolute Gasteiger partial charge is 0.263 e. The van der Waals surface area contributed by atoms with Crippen molar-refractivity contribution in [2.24, 2.45) is 0 Å². The molecule has 6 aromatic carbocycles. The van der Waals surface area contributed by atoms with Crippen molar-refractivity contribution in [2.75, 3.05) is 0 Å². The first-order valence-corrected chi connectivity index (χ1v) is 18.9. The summed E-state index contributed by atoms with van der Waals surface area (Å²) >= 11 is 3.18. The summed E-state index contributed by atoms with van der Waals surface area (Å²) in [5, 5.41) is 11.3. The van der Waals surface area contributed by atoms with Crippen LogP contribution in [-0.4, -0.2) is 19.9 Å². The average molecular weight is 701 g/mol. The maximum absolute atomic E-state index is 4.74. The van der Waals surface area contributed by atoms with E-state index in [-0.39, 0.29) is 0 Å². The first-order chi connectivity index (χ1) is 25.8. The first-order valence-electron chi connectivity index (χ1n) is 17.0. The van der Waals surface area contributed by atoms with Crippen molar-refractivity contribution in [2.45, 2.75) is 0 Å². The highest BCUT2D eigenvalue weighted by molar-refractivity contribution is 7.08. The molecule has 0 amide bonds. The third-order valence-corrected chi connectivity index (χ3v) is 11.0. The number of pyridine rings is 2. The summed E-state index contributed by atoms with van der Waals surface area (Å²) in [4.78, 5) is 18.6. The lowest BCUT2D eigenvalue weighted by atomic mass is 9.85. The molecule has 0 saturated heterocycles. The normalized spacial score (nSPS) is 11.5. The van der Waals surface area contributed by atoms with E-state index in [0.717, 1.165) is 77.4 Å². The molecular formula is C46H28N4S2. The zero-order valence-corrected chi connectivity index (χ0v) is 29.4. The van der Waals surface area contributed by atoms with Crippen molar-refractivity contribution in [1.29, 1.82) is 0 Å². The van der Waals surface area contributed by atoms with E-state index in [2.05, 4.69) is 142 Å². The van der Waals surface area contributed by atoms with Gasteiger partial charge >= 0.3 is 0 Å². The molecule has 0 radical (unpaired) electrons. The van der Waals surface area contributed by atoms with Crippen LogP contribution in [0.5, 0.6) is 0 Å². The topological polar surface area (TPSA) is 51.6 Å². The van der Waals surface area contributed by atoms with E-state index in [1.807, 2.05) is 35.8 Å². The van der Waals surface area contributed by atoms with E-state index in [0.29, 0.717) is 0 Å². The Bertz CT molecular complexity index is 2890. The highest BCUT2D eigenvalue weighted by Crippen LogP contribution is 2.45. The van der Waals surface area contributed by atoms with E-state index in [1.54, 1.807) is 22.7 Å². The van der Waals surface area contributed by atoms with Crippen molar-refractivity contribution < 1.29 is 0 Å². The van der Waals surface area contributed by atoms with E-state index in [9.17, 15) is 0 Å². The van der Waals surface area contributed by atoms with Crippen LogP contribution in [0.3, 0.4) is 0 Å². The molecule has 10 rings (SSSR count). The SMILES string of the molecule is c1ccc2c(-c3ccc(-c4ccc5c(-c6cncc(-c7cscn7)c6)c6ccccc6c(-c6cncc(-c7cscn7)c6)c5c4)cc3)cccc2c1. The van der Waals surface area contributed by atoms with E-state index < -0.39 is 0 Å². The van der Waals surface area contributed by atoms with Crippen molar-refractivity contribution in [3.8, 4) is 67.0 Å². The van der Waals surface area contributed by atoms with Gasteiger partial charge in [-0.1, -0.05) is 103 Å². The minimum Gasteiger partial charge on any atom is -0.263 e. The number of rotatable bonds is 6. The van der Waals surface area contributed by atoms with Crippen LogP contribution in [0.15, 0.2) is 168 Å². The molecule has 4 aromatic heterocycles. The van der Waals surface area contributed by atoms with Crippen molar-refractivity contribution in [3.63, 3.8) is 0 Å². The zero-order valence-electron chi connectivity index (χ0n) is 27.8. The van der Waals surface area contributed by atoms with Crippen LogP contribution in [0.4, 0.5) is 0 Å². The Morgan fingerprint density at radius 3 is 1.52 bits per heavy atom. The second-order valence-electron chi connectivity index (χ2n) is 12.8. The van der Waals surface area contributed by atoms with Crippen LogP contribution < -0.4 is 0 Å².